The molecule has 0 unspecified atom stereocenters. The van der Waals surface area contributed by atoms with Gasteiger partial charge in [0.25, 0.3) is 0 Å². The average molecular weight is 238 g/mol. The Balaban J connectivity index is 1.92. The van der Waals surface area contributed by atoms with Crippen LogP contribution in [0.2, 0.25) is 0 Å². The van der Waals surface area contributed by atoms with Crippen LogP contribution in [-0.2, 0) is 16.1 Å². The molecule has 3 N–H and O–H groups in total. The summed E-state index contributed by atoms with van der Waals surface area (Å²) < 4.78 is 17.9. The molecule has 1 saturated heterocycles. The molecule has 1 aliphatic rings. The molecule has 0 aromatic heterocycles. The fraction of sp³-hybridized carbons (Fsp3) is 0.417. The summed E-state index contributed by atoms with van der Waals surface area (Å²) in [6, 6.07) is 6.14. The second kappa shape index (κ2) is 4.81. The highest BCUT2D eigenvalue weighted by Crippen LogP contribution is 2.26. The third kappa shape index (κ3) is 2.45. The number of hydrogen-bond acceptors (Lipinski definition) is 3. The Morgan fingerprint density at radius 3 is 2.82 bits per heavy atom. The third-order valence-corrected chi connectivity index (χ3v) is 2.97. The summed E-state index contributed by atoms with van der Waals surface area (Å²) in [6.07, 6.45) is 0. The molecule has 1 fully saturated rings. The SMILES string of the molecule is NCC1(C(=O)NCc2cccc(F)c2)COC1. The molecule has 1 aliphatic heterocycles. The lowest BCUT2D eigenvalue weighted by Gasteiger charge is -2.38. The minimum atomic E-state index is -0.590. The zero-order chi connectivity index (χ0) is 12.3. The fourth-order valence-electron chi connectivity index (χ4n) is 1.71. The lowest BCUT2D eigenvalue weighted by Crippen LogP contribution is -2.58. The van der Waals surface area contributed by atoms with E-state index >= 15 is 0 Å². The highest BCUT2D eigenvalue weighted by molar-refractivity contribution is 5.84. The summed E-state index contributed by atoms with van der Waals surface area (Å²) in [5.41, 5.74) is 5.70. The number of hydrogen-bond donors (Lipinski definition) is 2. The summed E-state index contributed by atoms with van der Waals surface area (Å²) in [5.74, 6) is -0.437. The highest BCUT2D eigenvalue weighted by Gasteiger charge is 2.44. The van der Waals surface area contributed by atoms with Crippen molar-refractivity contribution < 1.29 is 13.9 Å². The van der Waals surface area contributed by atoms with Crippen molar-refractivity contribution in [3.8, 4) is 0 Å². The Bertz CT molecular complexity index is 413. The van der Waals surface area contributed by atoms with Crippen molar-refractivity contribution >= 4 is 5.91 Å². The van der Waals surface area contributed by atoms with Crippen LogP contribution in [0.5, 0.6) is 0 Å². The van der Waals surface area contributed by atoms with E-state index < -0.39 is 5.41 Å². The van der Waals surface area contributed by atoms with Crippen molar-refractivity contribution in [2.75, 3.05) is 19.8 Å². The van der Waals surface area contributed by atoms with Gasteiger partial charge < -0.3 is 15.8 Å². The van der Waals surface area contributed by atoms with Gasteiger partial charge in [0.2, 0.25) is 5.91 Å². The summed E-state index contributed by atoms with van der Waals surface area (Å²) in [4.78, 5) is 11.9. The molecule has 0 atom stereocenters. The van der Waals surface area contributed by atoms with Gasteiger partial charge in [0.15, 0.2) is 0 Å². The van der Waals surface area contributed by atoms with E-state index in [1.807, 2.05) is 0 Å². The first-order chi connectivity index (χ1) is 8.16. The molecule has 0 saturated carbocycles. The van der Waals surface area contributed by atoms with Crippen molar-refractivity contribution in [3.63, 3.8) is 0 Å². The number of nitrogens with two attached hydrogens (primary N) is 1. The van der Waals surface area contributed by atoms with E-state index in [0.717, 1.165) is 5.56 Å². The van der Waals surface area contributed by atoms with E-state index in [1.165, 1.54) is 12.1 Å². The second-order valence-corrected chi connectivity index (χ2v) is 4.29. The molecule has 0 aliphatic carbocycles. The number of rotatable bonds is 4. The molecule has 0 spiro atoms. The fourth-order valence-corrected chi connectivity index (χ4v) is 1.71. The molecular formula is C12H15FN2O2. The van der Waals surface area contributed by atoms with E-state index in [2.05, 4.69) is 5.32 Å². The van der Waals surface area contributed by atoms with Crippen LogP contribution in [0, 0.1) is 11.2 Å². The summed E-state index contributed by atoms with van der Waals surface area (Å²) in [7, 11) is 0. The van der Waals surface area contributed by atoms with Crippen molar-refractivity contribution in [1.29, 1.82) is 0 Å². The van der Waals surface area contributed by atoms with Crippen LogP contribution in [0.1, 0.15) is 5.56 Å². The minimum absolute atomic E-state index is 0.129. The van der Waals surface area contributed by atoms with Crippen molar-refractivity contribution in [2.24, 2.45) is 11.1 Å². The molecular weight excluding hydrogens is 223 g/mol. The van der Waals surface area contributed by atoms with Crippen LogP contribution < -0.4 is 11.1 Å². The number of amides is 1. The average Bonchev–Trinajstić information content (AvgIpc) is 2.26. The predicted octanol–water partition coefficient (Wildman–Crippen LogP) is 0.417. The molecule has 1 heterocycles. The molecule has 17 heavy (non-hydrogen) atoms. The largest absolute Gasteiger partial charge is 0.379 e. The van der Waals surface area contributed by atoms with Gasteiger partial charge in [-0.15, -0.1) is 0 Å². The maximum Gasteiger partial charge on any atom is 0.232 e. The number of ether oxygens (including phenoxy) is 1. The van der Waals surface area contributed by atoms with E-state index in [9.17, 15) is 9.18 Å². The van der Waals surface area contributed by atoms with Crippen LogP contribution >= 0.6 is 0 Å². The molecule has 92 valence electrons. The van der Waals surface area contributed by atoms with E-state index in [1.54, 1.807) is 12.1 Å². The number of benzene rings is 1. The standard InChI is InChI=1S/C12H15FN2O2/c13-10-3-1-2-9(4-10)5-15-11(16)12(6-14)7-17-8-12/h1-4H,5-8,14H2,(H,15,16). The maximum absolute atomic E-state index is 12.9. The molecule has 2 rings (SSSR count). The number of carbonyl (C=O) groups is 1. The zero-order valence-electron chi connectivity index (χ0n) is 9.41. The summed E-state index contributed by atoms with van der Waals surface area (Å²) in [5, 5.41) is 2.75. The van der Waals surface area contributed by atoms with Crippen molar-refractivity contribution in [3.05, 3.63) is 35.6 Å². The Labute approximate surface area is 98.9 Å². The van der Waals surface area contributed by atoms with Crippen LogP contribution in [-0.4, -0.2) is 25.7 Å². The first kappa shape index (κ1) is 12.0. The predicted molar refractivity (Wildman–Crippen MR) is 60.6 cm³/mol. The quantitative estimate of drug-likeness (QED) is 0.799. The van der Waals surface area contributed by atoms with Crippen LogP contribution in [0.3, 0.4) is 0 Å². The smallest absolute Gasteiger partial charge is 0.232 e. The van der Waals surface area contributed by atoms with Gasteiger partial charge in [-0.25, -0.2) is 4.39 Å². The van der Waals surface area contributed by atoms with Crippen LogP contribution in [0.25, 0.3) is 0 Å². The highest BCUT2D eigenvalue weighted by atomic mass is 19.1. The van der Waals surface area contributed by atoms with Gasteiger partial charge in [0.1, 0.15) is 11.2 Å². The Morgan fingerprint density at radius 2 is 2.29 bits per heavy atom. The zero-order valence-corrected chi connectivity index (χ0v) is 9.41. The third-order valence-electron chi connectivity index (χ3n) is 2.97. The number of halogens is 1. The van der Waals surface area contributed by atoms with Gasteiger partial charge in [-0.3, -0.25) is 4.79 Å². The minimum Gasteiger partial charge on any atom is -0.379 e. The topological polar surface area (TPSA) is 64.4 Å². The molecule has 1 amide bonds. The van der Waals surface area contributed by atoms with Gasteiger partial charge in [-0.05, 0) is 17.7 Å². The van der Waals surface area contributed by atoms with Gasteiger partial charge in [0.05, 0.1) is 13.2 Å². The Hall–Kier alpha value is -1.46. The van der Waals surface area contributed by atoms with Gasteiger partial charge in [-0.2, -0.15) is 0 Å². The van der Waals surface area contributed by atoms with E-state index in [0.29, 0.717) is 19.8 Å². The first-order valence-corrected chi connectivity index (χ1v) is 5.47. The molecule has 1 aromatic carbocycles. The van der Waals surface area contributed by atoms with Crippen LogP contribution in [0.15, 0.2) is 24.3 Å². The molecule has 5 heteroatoms. The van der Waals surface area contributed by atoms with E-state index in [4.69, 9.17) is 10.5 Å². The molecule has 0 radical (unpaired) electrons. The van der Waals surface area contributed by atoms with Gasteiger partial charge in [0, 0.05) is 13.1 Å². The summed E-state index contributed by atoms with van der Waals surface area (Å²) >= 11 is 0. The number of carbonyl (C=O) groups excluding carboxylic acids is 1. The van der Waals surface area contributed by atoms with E-state index in [-0.39, 0.29) is 18.3 Å². The number of nitrogens with one attached hydrogen (secondary N) is 1. The van der Waals surface area contributed by atoms with Gasteiger partial charge in [-0.1, -0.05) is 12.1 Å². The van der Waals surface area contributed by atoms with Gasteiger partial charge >= 0.3 is 0 Å². The monoisotopic (exact) mass is 238 g/mol. The maximum atomic E-state index is 12.9. The second-order valence-electron chi connectivity index (χ2n) is 4.29. The lowest BCUT2D eigenvalue weighted by atomic mass is 9.85. The van der Waals surface area contributed by atoms with Crippen LogP contribution in [0.4, 0.5) is 4.39 Å². The normalized spacial score (nSPS) is 17.3. The lowest BCUT2D eigenvalue weighted by molar-refractivity contribution is -0.159. The van der Waals surface area contributed by atoms with Crippen molar-refractivity contribution in [1.82, 2.24) is 5.32 Å². The molecule has 1 aromatic rings. The summed E-state index contributed by atoms with van der Waals surface area (Å²) in [6.45, 7) is 1.29. The molecule has 0 bridgehead atoms. The van der Waals surface area contributed by atoms with Crippen molar-refractivity contribution in [2.45, 2.75) is 6.54 Å². The first-order valence-electron chi connectivity index (χ1n) is 5.47. The Kier molecular flexibility index (Phi) is 3.40. The molecule has 4 nitrogen and oxygen atoms in total. The Morgan fingerprint density at radius 1 is 1.53 bits per heavy atom.